The summed E-state index contributed by atoms with van der Waals surface area (Å²) < 4.78 is 19.1. The molecule has 6 heteroatoms. The van der Waals surface area contributed by atoms with E-state index >= 15 is 0 Å². The van der Waals surface area contributed by atoms with Gasteiger partial charge in [-0.15, -0.1) is 5.10 Å². The van der Waals surface area contributed by atoms with Gasteiger partial charge in [-0.1, -0.05) is 0 Å². The third-order valence-corrected chi connectivity index (χ3v) is 3.74. The molecule has 0 bridgehead atoms. The van der Waals surface area contributed by atoms with Crippen LogP contribution >= 0.6 is 0 Å². The van der Waals surface area contributed by atoms with Gasteiger partial charge in [-0.2, -0.15) is 4.98 Å². The van der Waals surface area contributed by atoms with Gasteiger partial charge in [0.15, 0.2) is 0 Å². The first-order valence-corrected chi connectivity index (χ1v) is 7.18. The fraction of sp³-hybridized carbons (Fsp3) is 0.467. The van der Waals surface area contributed by atoms with Gasteiger partial charge in [-0.3, -0.25) is 5.10 Å². The average molecular weight is 290 g/mol. The maximum absolute atomic E-state index is 13.1. The number of hydrogen-bond acceptors (Lipinski definition) is 4. The van der Waals surface area contributed by atoms with E-state index in [0.717, 1.165) is 49.0 Å². The van der Waals surface area contributed by atoms with E-state index in [1.54, 1.807) is 6.07 Å². The lowest BCUT2D eigenvalue weighted by Gasteiger charge is -2.31. The zero-order valence-corrected chi connectivity index (χ0v) is 12.3. The smallest absolute Gasteiger partial charge is 0.244 e. The Morgan fingerprint density at radius 1 is 1.29 bits per heavy atom. The molecular formula is C15H19FN4O. The molecule has 1 saturated heterocycles. The normalized spacial score (nSPS) is 16.2. The number of aryl methyl sites for hydroxylation is 2. The third-order valence-electron chi connectivity index (χ3n) is 3.74. The minimum absolute atomic E-state index is 0.158. The lowest BCUT2D eigenvalue weighted by atomic mass is 10.1. The lowest BCUT2D eigenvalue weighted by Crippen LogP contribution is -2.38. The highest BCUT2D eigenvalue weighted by Gasteiger charge is 2.23. The van der Waals surface area contributed by atoms with Crippen LogP contribution in [-0.2, 0) is 0 Å². The topological polar surface area (TPSA) is 54.0 Å². The van der Waals surface area contributed by atoms with Gasteiger partial charge in [-0.25, -0.2) is 4.39 Å². The van der Waals surface area contributed by atoms with Crippen molar-refractivity contribution in [3.8, 4) is 5.75 Å². The van der Waals surface area contributed by atoms with Gasteiger partial charge in [0.2, 0.25) is 5.95 Å². The van der Waals surface area contributed by atoms with Crippen molar-refractivity contribution < 1.29 is 9.13 Å². The molecule has 0 spiro atoms. The highest BCUT2D eigenvalue weighted by Crippen LogP contribution is 2.24. The molecule has 1 aromatic heterocycles. The molecule has 0 amide bonds. The third kappa shape index (κ3) is 3.15. The lowest BCUT2D eigenvalue weighted by molar-refractivity contribution is 0.169. The number of nitrogens with one attached hydrogen (secondary N) is 1. The number of nitrogens with zero attached hydrogens (tertiary/aromatic N) is 3. The van der Waals surface area contributed by atoms with E-state index in [1.165, 1.54) is 12.1 Å². The number of H-pyrrole nitrogens is 1. The Kier molecular flexibility index (Phi) is 3.77. The SMILES string of the molecule is Cc1nc(N2CCC(Oc3ccc(F)cc3C)CC2)n[nH]1. The average Bonchev–Trinajstić information content (AvgIpc) is 2.89. The molecule has 21 heavy (non-hydrogen) atoms. The van der Waals surface area contributed by atoms with Crippen molar-refractivity contribution in [3.63, 3.8) is 0 Å². The molecule has 0 atom stereocenters. The quantitative estimate of drug-likeness (QED) is 0.944. The first kappa shape index (κ1) is 13.9. The molecule has 1 aromatic carbocycles. The van der Waals surface area contributed by atoms with E-state index in [-0.39, 0.29) is 11.9 Å². The summed E-state index contributed by atoms with van der Waals surface area (Å²) in [4.78, 5) is 6.50. The molecule has 1 aliphatic rings. The van der Waals surface area contributed by atoms with Crippen LogP contribution < -0.4 is 9.64 Å². The Morgan fingerprint density at radius 2 is 2.05 bits per heavy atom. The van der Waals surface area contributed by atoms with Crippen molar-refractivity contribution in [1.82, 2.24) is 15.2 Å². The molecule has 2 aromatic rings. The molecule has 0 radical (unpaired) electrons. The first-order valence-electron chi connectivity index (χ1n) is 7.18. The van der Waals surface area contributed by atoms with Crippen LogP contribution in [0.15, 0.2) is 18.2 Å². The minimum Gasteiger partial charge on any atom is -0.490 e. The molecule has 5 nitrogen and oxygen atoms in total. The Morgan fingerprint density at radius 3 is 2.67 bits per heavy atom. The van der Waals surface area contributed by atoms with Crippen molar-refractivity contribution in [2.45, 2.75) is 32.8 Å². The molecule has 0 saturated carbocycles. The van der Waals surface area contributed by atoms with Crippen LogP contribution in [0.1, 0.15) is 24.2 Å². The van der Waals surface area contributed by atoms with Gasteiger partial charge < -0.3 is 9.64 Å². The fourth-order valence-corrected chi connectivity index (χ4v) is 2.57. The summed E-state index contributed by atoms with van der Waals surface area (Å²) in [6.45, 7) is 5.48. The van der Waals surface area contributed by atoms with Gasteiger partial charge in [0.1, 0.15) is 23.5 Å². The number of rotatable bonds is 3. The Hall–Kier alpha value is -2.11. The van der Waals surface area contributed by atoms with Crippen molar-refractivity contribution in [1.29, 1.82) is 0 Å². The maximum Gasteiger partial charge on any atom is 0.244 e. The van der Waals surface area contributed by atoms with E-state index in [9.17, 15) is 4.39 Å². The molecular weight excluding hydrogens is 271 g/mol. The van der Waals surface area contributed by atoms with Gasteiger partial charge in [0.05, 0.1) is 0 Å². The second kappa shape index (κ2) is 5.71. The number of ether oxygens (including phenoxy) is 1. The Balaban J connectivity index is 1.58. The van der Waals surface area contributed by atoms with Crippen molar-refractivity contribution in [2.75, 3.05) is 18.0 Å². The van der Waals surface area contributed by atoms with Gasteiger partial charge in [0, 0.05) is 25.9 Å². The molecule has 1 N–H and O–H groups in total. The summed E-state index contributed by atoms with van der Waals surface area (Å²) >= 11 is 0. The van der Waals surface area contributed by atoms with Gasteiger partial charge in [0.25, 0.3) is 0 Å². The predicted octanol–water partition coefficient (Wildman–Crippen LogP) is 2.61. The number of hydrogen-bond donors (Lipinski definition) is 1. The zero-order valence-electron chi connectivity index (χ0n) is 12.3. The summed E-state index contributed by atoms with van der Waals surface area (Å²) in [7, 11) is 0. The number of piperidine rings is 1. The van der Waals surface area contributed by atoms with Crippen molar-refractivity contribution >= 4 is 5.95 Å². The number of halogens is 1. The number of aromatic amines is 1. The molecule has 1 fully saturated rings. The van der Waals surface area contributed by atoms with Gasteiger partial charge >= 0.3 is 0 Å². The predicted molar refractivity (Wildman–Crippen MR) is 78.1 cm³/mol. The highest BCUT2D eigenvalue weighted by atomic mass is 19.1. The van der Waals surface area contributed by atoms with Crippen LogP contribution in [0, 0.1) is 19.7 Å². The first-order chi connectivity index (χ1) is 10.1. The van der Waals surface area contributed by atoms with Crippen LogP contribution in [-0.4, -0.2) is 34.4 Å². The van der Waals surface area contributed by atoms with Crippen LogP contribution in [0.25, 0.3) is 0 Å². The van der Waals surface area contributed by atoms with E-state index < -0.39 is 0 Å². The summed E-state index contributed by atoms with van der Waals surface area (Å²) in [5.74, 6) is 2.12. The summed E-state index contributed by atoms with van der Waals surface area (Å²) in [6, 6.07) is 4.64. The van der Waals surface area contributed by atoms with E-state index in [0.29, 0.717) is 0 Å². The number of anilines is 1. The van der Waals surface area contributed by atoms with Crippen molar-refractivity contribution in [2.24, 2.45) is 0 Å². The molecule has 112 valence electrons. The summed E-state index contributed by atoms with van der Waals surface area (Å²) in [5.41, 5.74) is 0.835. The fourth-order valence-electron chi connectivity index (χ4n) is 2.57. The standard InChI is InChI=1S/C15H19FN4O/c1-10-9-12(16)3-4-14(10)21-13-5-7-20(8-6-13)15-17-11(2)18-19-15/h3-4,9,13H,5-8H2,1-2H3,(H,17,18,19). The Labute approximate surface area is 123 Å². The highest BCUT2D eigenvalue weighted by molar-refractivity contribution is 5.33. The van der Waals surface area contributed by atoms with E-state index in [2.05, 4.69) is 20.1 Å². The van der Waals surface area contributed by atoms with E-state index in [4.69, 9.17) is 4.74 Å². The second-order valence-corrected chi connectivity index (χ2v) is 5.43. The number of benzene rings is 1. The molecule has 0 unspecified atom stereocenters. The zero-order chi connectivity index (χ0) is 14.8. The Bertz CT molecular complexity index is 620. The van der Waals surface area contributed by atoms with Crippen LogP contribution in [0.3, 0.4) is 0 Å². The van der Waals surface area contributed by atoms with Crippen LogP contribution in [0.4, 0.5) is 10.3 Å². The molecule has 1 aliphatic heterocycles. The minimum atomic E-state index is -0.227. The summed E-state index contributed by atoms with van der Waals surface area (Å²) in [6.07, 6.45) is 1.97. The summed E-state index contributed by atoms with van der Waals surface area (Å²) in [5, 5.41) is 7.04. The molecule has 0 aliphatic carbocycles. The monoisotopic (exact) mass is 290 g/mol. The van der Waals surface area contributed by atoms with Crippen molar-refractivity contribution in [3.05, 3.63) is 35.4 Å². The molecule has 2 heterocycles. The number of aromatic nitrogens is 3. The largest absolute Gasteiger partial charge is 0.490 e. The van der Waals surface area contributed by atoms with E-state index in [1.807, 2.05) is 13.8 Å². The maximum atomic E-state index is 13.1. The van der Waals surface area contributed by atoms with Crippen LogP contribution in [0.2, 0.25) is 0 Å². The molecule has 3 rings (SSSR count). The van der Waals surface area contributed by atoms with Gasteiger partial charge in [-0.05, 0) is 37.6 Å². The van der Waals surface area contributed by atoms with Crippen LogP contribution in [0.5, 0.6) is 5.75 Å². The second-order valence-electron chi connectivity index (χ2n) is 5.43.